The predicted octanol–water partition coefficient (Wildman–Crippen LogP) is 1.65. The van der Waals surface area contributed by atoms with E-state index in [1.165, 1.54) is 17.8 Å². The Morgan fingerprint density at radius 1 is 1.43 bits per heavy atom. The molecule has 13 heteroatoms. The summed E-state index contributed by atoms with van der Waals surface area (Å²) in [5.74, 6) is -1.23. The standard InChI is InChI=1S/C15H16BrFN4O5S2/c1-28(24,25)8-13(22)18-4-5-27-15-14(20-26-21-15)12(19-23)7-9-2-3-11(17)10(16)6-9/h2-3,6,23H,4-5,7-8H2,1H3,(H,18,22). The number of aromatic nitrogens is 2. The molecule has 0 bridgehead atoms. The lowest BCUT2D eigenvalue weighted by molar-refractivity contribution is -0.118. The second kappa shape index (κ2) is 9.98. The third kappa shape index (κ3) is 6.87. The van der Waals surface area contributed by atoms with Gasteiger partial charge < -0.3 is 10.5 Å². The van der Waals surface area contributed by atoms with Gasteiger partial charge in [0.2, 0.25) is 5.91 Å². The third-order valence-electron chi connectivity index (χ3n) is 3.26. The number of rotatable bonds is 9. The SMILES string of the molecule is CS(=O)(=O)CC(=O)NCCSc1nonc1C(Cc1ccc(F)c(Br)c1)=NO. The van der Waals surface area contributed by atoms with Crippen LogP contribution in [0, 0.1) is 5.82 Å². The van der Waals surface area contributed by atoms with E-state index in [-0.39, 0.29) is 28.8 Å². The molecule has 0 aliphatic heterocycles. The van der Waals surface area contributed by atoms with Gasteiger partial charge in [0.25, 0.3) is 0 Å². The van der Waals surface area contributed by atoms with Crippen molar-refractivity contribution in [2.24, 2.45) is 5.16 Å². The van der Waals surface area contributed by atoms with Gasteiger partial charge in [0.15, 0.2) is 20.6 Å². The summed E-state index contributed by atoms with van der Waals surface area (Å²) in [7, 11) is -3.39. The van der Waals surface area contributed by atoms with Crippen LogP contribution in [0.3, 0.4) is 0 Å². The Bertz CT molecular complexity index is 981. The predicted molar refractivity (Wildman–Crippen MR) is 104 cm³/mol. The molecule has 2 N–H and O–H groups in total. The van der Waals surface area contributed by atoms with Crippen molar-refractivity contribution < 1.29 is 27.4 Å². The minimum absolute atomic E-state index is 0.155. The third-order valence-corrected chi connectivity index (χ3v) is 5.61. The van der Waals surface area contributed by atoms with E-state index in [4.69, 9.17) is 4.63 Å². The first kappa shape index (κ1) is 22.3. The van der Waals surface area contributed by atoms with Crippen molar-refractivity contribution in [2.75, 3.05) is 24.3 Å². The van der Waals surface area contributed by atoms with E-state index in [1.807, 2.05) is 0 Å². The Balaban J connectivity index is 1.95. The van der Waals surface area contributed by atoms with Crippen molar-refractivity contribution in [2.45, 2.75) is 11.4 Å². The molecule has 1 amide bonds. The van der Waals surface area contributed by atoms with E-state index in [2.05, 4.69) is 36.7 Å². The molecule has 0 unspecified atom stereocenters. The van der Waals surface area contributed by atoms with Crippen molar-refractivity contribution in [3.05, 3.63) is 39.7 Å². The Labute approximate surface area is 172 Å². The van der Waals surface area contributed by atoms with Gasteiger partial charge in [-0.25, -0.2) is 17.4 Å². The number of hydrogen-bond donors (Lipinski definition) is 2. The van der Waals surface area contributed by atoms with Crippen molar-refractivity contribution in [1.82, 2.24) is 15.6 Å². The van der Waals surface area contributed by atoms with Crippen LogP contribution in [0.5, 0.6) is 0 Å². The molecule has 1 heterocycles. The van der Waals surface area contributed by atoms with Crippen molar-refractivity contribution in [3.8, 4) is 0 Å². The molecule has 0 radical (unpaired) electrons. The van der Waals surface area contributed by atoms with E-state index >= 15 is 0 Å². The lowest BCUT2D eigenvalue weighted by Gasteiger charge is -2.05. The average molecular weight is 495 g/mol. The summed E-state index contributed by atoms with van der Waals surface area (Å²) in [4.78, 5) is 11.5. The Kier molecular flexibility index (Phi) is 7.95. The van der Waals surface area contributed by atoms with Gasteiger partial charge in [-0.2, -0.15) is 0 Å². The maximum absolute atomic E-state index is 13.3. The number of nitrogens with one attached hydrogen (secondary N) is 1. The van der Waals surface area contributed by atoms with Crippen LogP contribution in [0.2, 0.25) is 0 Å². The number of thioether (sulfide) groups is 1. The monoisotopic (exact) mass is 494 g/mol. The maximum Gasteiger partial charge on any atom is 0.235 e. The van der Waals surface area contributed by atoms with Crippen LogP contribution in [-0.4, -0.2) is 59.9 Å². The van der Waals surface area contributed by atoms with Gasteiger partial charge in [-0.05, 0) is 43.9 Å². The minimum atomic E-state index is -3.39. The van der Waals surface area contributed by atoms with Gasteiger partial charge in [-0.1, -0.05) is 23.0 Å². The van der Waals surface area contributed by atoms with Crippen molar-refractivity contribution >= 4 is 49.1 Å². The number of oxime groups is 1. The molecule has 0 spiro atoms. The highest BCUT2D eigenvalue weighted by molar-refractivity contribution is 9.10. The van der Waals surface area contributed by atoms with Gasteiger partial charge in [-0.15, -0.1) is 0 Å². The summed E-state index contributed by atoms with van der Waals surface area (Å²) in [5.41, 5.74) is 1.06. The smallest absolute Gasteiger partial charge is 0.235 e. The largest absolute Gasteiger partial charge is 0.411 e. The highest BCUT2D eigenvalue weighted by atomic mass is 79.9. The molecule has 2 rings (SSSR count). The van der Waals surface area contributed by atoms with Crippen LogP contribution in [0.1, 0.15) is 11.3 Å². The molecule has 9 nitrogen and oxygen atoms in total. The zero-order valence-corrected chi connectivity index (χ0v) is 17.8. The summed E-state index contributed by atoms with van der Waals surface area (Å²) in [6.45, 7) is 0.196. The quantitative estimate of drug-likeness (QED) is 0.176. The molecule has 0 saturated carbocycles. The highest BCUT2D eigenvalue weighted by Crippen LogP contribution is 2.22. The maximum atomic E-state index is 13.3. The van der Waals surface area contributed by atoms with E-state index < -0.39 is 27.3 Å². The van der Waals surface area contributed by atoms with E-state index in [9.17, 15) is 22.8 Å². The summed E-state index contributed by atoms with van der Waals surface area (Å²) in [5, 5.41) is 22.9. The fraction of sp³-hybridized carbons (Fsp3) is 0.333. The highest BCUT2D eigenvalue weighted by Gasteiger charge is 2.19. The number of carbonyl (C=O) groups excluding carboxylic acids is 1. The van der Waals surface area contributed by atoms with Crippen LogP contribution in [0.25, 0.3) is 0 Å². The Hall–Kier alpha value is -1.99. The number of sulfone groups is 1. The first-order valence-corrected chi connectivity index (χ1v) is 11.6. The second-order valence-corrected chi connectivity index (χ2v) is 9.74. The normalized spacial score (nSPS) is 12.2. The van der Waals surface area contributed by atoms with Gasteiger partial charge in [0.1, 0.15) is 17.3 Å². The average Bonchev–Trinajstić information content (AvgIpc) is 3.06. The van der Waals surface area contributed by atoms with Gasteiger partial charge in [0, 0.05) is 25.0 Å². The van der Waals surface area contributed by atoms with Gasteiger partial charge in [-0.3, -0.25) is 4.79 Å². The lowest BCUT2D eigenvalue weighted by atomic mass is 10.1. The van der Waals surface area contributed by atoms with Crippen molar-refractivity contribution in [1.29, 1.82) is 0 Å². The Morgan fingerprint density at radius 3 is 2.82 bits per heavy atom. The summed E-state index contributed by atoms with van der Waals surface area (Å²) < 4.78 is 40.4. The van der Waals surface area contributed by atoms with Crippen LogP contribution in [0.15, 0.2) is 37.5 Å². The van der Waals surface area contributed by atoms with Crippen molar-refractivity contribution in [3.63, 3.8) is 0 Å². The van der Waals surface area contributed by atoms with Crippen LogP contribution >= 0.6 is 27.7 Å². The van der Waals surface area contributed by atoms with E-state index in [1.54, 1.807) is 12.1 Å². The molecule has 0 atom stereocenters. The molecule has 0 aliphatic carbocycles. The van der Waals surface area contributed by atoms with E-state index in [0.29, 0.717) is 16.3 Å². The first-order valence-electron chi connectivity index (χ1n) is 7.74. The number of carbonyl (C=O) groups is 1. The minimum Gasteiger partial charge on any atom is -0.411 e. The molecule has 28 heavy (non-hydrogen) atoms. The summed E-state index contributed by atoms with van der Waals surface area (Å²) >= 11 is 4.27. The molecular weight excluding hydrogens is 479 g/mol. The molecule has 1 aromatic carbocycles. The molecule has 0 saturated heterocycles. The number of hydrogen-bond acceptors (Lipinski definition) is 9. The molecule has 152 valence electrons. The fourth-order valence-electron chi connectivity index (χ4n) is 2.09. The molecule has 0 aliphatic rings. The number of benzene rings is 1. The van der Waals surface area contributed by atoms with Crippen LogP contribution in [0.4, 0.5) is 4.39 Å². The zero-order valence-electron chi connectivity index (χ0n) is 14.6. The summed E-state index contributed by atoms with van der Waals surface area (Å²) in [6, 6.07) is 4.38. The number of amides is 1. The number of nitrogens with zero attached hydrogens (tertiary/aromatic N) is 3. The molecule has 0 fully saturated rings. The van der Waals surface area contributed by atoms with Crippen LogP contribution < -0.4 is 5.32 Å². The second-order valence-electron chi connectivity index (χ2n) is 5.66. The number of halogens is 2. The Morgan fingerprint density at radius 2 is 2.18 bits per heavy atom. The molecule has 1 aromatic heterocycles. The first-order chi connectivity index (χ1) is 13.2. The zero-order chi connectivity index (χ0) is 20.7. The van der Waals surface area contributed by atoms with Gasteiger partial charge in [0.05, 0.1) is 4.47 Å². The topological polar surface area (TPSA) is 135 Å². The van der Waals surface area contributed by atoms with Gasteiger partial charge >= 0.3 is 0 Å². The fourth-order valence-corrected chi connectivity index (χ4v) is 3.87. The van der Waals surface area contributed by atoms with Crippen LogP contribution in [-0.2, 0) is 21.1 Å². The molecular formula is C15H16BrFN4O5S2. The lowest BCUT2D eigenvalue weighted by Crippen LogP contribution is -2.31. The molecule has 2 aromatic rings. The van der Waals surface area contributed by atoms with E-state index in [0.717, 1.165) is 6.26 Å². The summed E-state index contributed by atoms with van der Waals surface area (Å²) in [6.07, 6.45) is 1.13.